The third-order valence-electron chi connectivity index (χ3n) is 18.6. The fourth-order valence-electron chi connectivity index (χ4n) is 14.0. The first kappa shape index (κ1) is 57.1. The summed E-state index contributed by atoms with van der Waals surface area (Å²) in [6.07, 6.45) is 0. The quantitative estimate of drug-likeness (QED) is 0.119. The molecular weight excluding hydrogens is 1150 g/mol. The largest absolute Gasteiger partial charge is 0.310 e. The molecule has 0 saturated carbocycles. The molecule has 0 radical (unpaired) electrons. The molecule has 0 atom stereocenters. The van der Waals surface area contributed by atoms with Crippen LogP contribution in [0.3, 0.4) is 0 Å². The van der Waals surface area contributed by atoms with E-state index in [0.29, 0.717) is 0 Å². The van der Waals surface area contributed by atoms with Crippen LogP contribution in [-0.2, 0) is 10.8 Å². The third kappa shape index (κ3) is 10.2. The number of hydrogen-bond donors (Lipinski definition) is 0. The van der Waals surface area contributed by atoms with E-state index in [1.165, 1.54) is 68.6 Å². The summed E-state index contributed by atoms with van der Waals surface area (Å²) in [4.78, 5) is 10.2. The second kappa shape index (κ2) is 23.0. The smallest absolute Gasteiger partial charge is 0.249 e. The normalized spacial score (nSPS) is 12.6. The van der Waals surface area contributed by atoms with Crippen molar-refractivity contribution in [1.82, 2.24) is 0 Å². The van der Waals surface area contributed by atoms with E-state index < -0.39 is 0 Å². The lowest BCUT2D eigenvalue weighted by Crippen LogP contribution is -2.60. The average Bonchev–Trinajstić information content (AvgIpc) is 0.914. The van der Waals surface area contributed by atoms with E-state index in [1.54, 1.807) is 0 Å². The highest BCUT2D eigenvalue weighted by Gasteiger charge is 2.44. The summed E-state index contributed by atoms with van der Waals surface area (Å²) < 4.78 is 2.61. The lowest BCUT2D eigenvalue weighted by atomic mass is 9.34. The Labute approximate surface area is 549 Å². The van der Waals surface area contributed by atoms with Crippen LogP contribution in [-0.4, -0.2) is 6.71 Å². The SMILES string of the molecule is CC(C)(C)c1ccc(-c2cccc(-c3ccc(C(C)(C)C)cc3)c2N2c3cc(N(c4ccccc4)c4cccc(-c5ccccc5)c4)ccc3B3c4ccc5sc6ccccc6c5c4Sc4cc(N(c5ccccc5)c5cccc(-c6ccccc6)c5)cc2c43)cc1. The van der Waals surface area contributed by atoms with E-state index in [2.05, 4.69) is 360 Å². The molecule has 6 heteroatoms. The van der Waals surface area contributed by atoms with Crippen molar-refractivity contribution in [1.29, 1.82) is 0 Å². The van der Waals surface area contributed by atoms with E-state index in [9.17, 15) is 0 Å². The van der Waals surface area contributed by atoms with E-state index in [0.717, 1.165) is 84.6 Å². The van der Waals surface area contributed by atoms with Gasteiger partial charge in [-0.2, -0.15) is 0 Å². The number of nitrogens with zero attached hydrogens (tertiary/aromatic N) is 3. The Morgan fingerprint density at radius 2 is 0.793 bits per heavy atom. The van der Waals surface area contributed by atoms with Crippen molar-refractivity contribution in [2.24, 2.45) is 0 Å². The Morgan fingerprint density at radius 3 is 1.35 bits per heavy atom. The van der Waals surface area contributed by atoms with Gasteiger partial charge in [0.2, 0.25) is 6.71 Å². The number of hydrogen-bond acceptors (Lipinski definition) is 5. The summed E-state index contributed by atoms with van der Waals surface area (Å²) in [5, 5.41) is 2.64. The molecule has 3 nitrogen and oxygen atoms in total. The summed E-state index contributed by atoms with van der Waals surface area (Å²) in [6.45, 7) is 13.7. The summed E-state index contributed by atoms with van der Waals surface area (Å²) in [7, 11) is 0. The molecule has 3 heterocycles. The maximum atomic E-state index is 2.69. The zero-order valence-corrected chi connectivity index (χ0v) is 54.2. The van der Waals surface area contributed by atoms with Crippen molar-refractivity contribution in [3.05, 3.63) is 314 Å². The molecule has 0 N–H and O–H groups in total. The Morgan fingerprint density at radius 1 is 0.337 bits per heavy atom. The van der Waals surface area contributed by atoms with Gasteiger partial charge in [0.05, 0.1) is 5.69 Å². The summed E-state index contributed by atoms with van der Waals surface area (Å²) in [5.74, 6) is 0. The van der Waals surface area contributed by atoms with Gasteiger partial charge in [0.25, 0.3) is 0 Å². The van der Waals surface area contributed by atoms with E-state index in [-0.39, 0.29) is 17.5 Å². The van der Waals surface area contributed by atoms with Crippen molar-refractivity contribution >= 4 is 118 Å². The van der Waals surface area contributed by atoms with Crippen LogP contribution in [0.15, 0.2) is 313 Å². The van der Waals surface area contributed by atoms with Crippen LogP contribution >= 0.6 is 23.1 Å². The van der Waals surface area contributed by atoms with Gasteiger partial charge >= 0.3 is 0 Å². The molecule has 0 spiro atoms. The van der Waals surface area contributed by atoms with Gasteiger partial charge < -0.3 is 14.7 Å². The van der Waals surface area contributed by atoms with Crippen LogP contribution in [0.1, 0.15) is 52.7 Å². The fraction of sp³-hybridized carbons (Fsp3) is 0.0930. The van der Waals surface area contributed by atoms with Gasteiger partial charge in [-0.15, -0.1) is 11.3 Å². The molecule has 0 bridgehead atoms. The van der Waals surface area contributed by atoms with Crippen molar-refractivity contribution in [2.45, 2.75) is 62.2 Å². The minimum Gasteiger partial charge on any atom is -0.310 e. The first-order valence-corrected chi connectivity index (χ1v) is 33.6. The zero-order chi connectivity index (χ0) is 62.2. The molecule has 0 amide bonds. The molecule has 2 aliphatic rings. The molecule has 2 aliphatic heterocycles. The van der Waals surface area contributed by atoms with Gasteiger partial charge in [0.15, 0.2) is 0 Å². The lowest BCUT2D eigenvalue weighted by molar-refractivity contribution is 0.590. The van der Waals surface area contributed by atoms with E-state index in [1.807, 2.05) is 23.1 Å². The molecule has 92 heavy (non-hydrogen) atoms. The van der Waals surface area contributed by atoms with E-state index in [4.69, 9.17) is 0 Å². The van der Waals surface area contributed by atoms with Crippen LogP contribution in [0.4, 0.5) is 51.2 Å². The van der Waals surface area contributed by atoms with Crippen molar-refractivity contribution in [2.75, 3.05) is 14.7 Å². The van der Waals surface area contributed by atoms with Crippen LogP contribution in [0.25, 0.3) is 64.7 Å². The average molecular weight is 1220 g/mol. The molecule has 1 aromatic heterocycles. The molecule has 0 aliphatic carbocycles. The Bertz CT molecular complexity index is 5010. The highest BCUT2D eigenvalue weighted by molar-refractivity contribution is 8.00. The second-order valence-electron chi connectivity index (χ2n) is 26.5. The molecule has 13 aromatic carbocycles. The maximum Gasteiger partial charge on any atom is 0.249 e. The van der Waals surface area contributed by atoms with Gasteiger partial charge in [-0.05, 0) is 151 Å². The van der Waals surface area contributed by atoms with Crippen LogP contribution in [0.2, 0.25) is 0 Å². The minimum absolute atomic E-state index is 0.0277. The van der Waals surface area contributed by atoms with Crippen LogP contribution < -0.4 is 31.1 Å². The van der Waals surface area contributed by atoms with Gasteiger partial charge in [-0.25, -0.2) is 0 Å². The van der Waals surface area contributed by atoms with Crippen molar-refractivity contribution in [3.63, 3.8) is 0 Å². The second-order valence-corrected chi connectivity index (χ2v) is 28.6. The molecule has 0 saturated heterocycles. The number of fused-ring (bicyclic) bond motifs is 8. The molecule has 16 rings (SSSR count). The highest BCUT2D eigenvalue weighted by atomic mass is 32.2. The molecule has 442 valence electrons. The number of thiophene rings is 1. The summed E-state index contributed by atoms with van der Waals surface area (Å²) >= 11 is 3.84. The van der Waals surface area contributed by atoms with Gasteiger partial charge in [-0.3, -0.25) is 0 Å². The van der Waals surface area contributed by atoms with E-state index >= 15 is 0 Å². The fourth-order valence-corrected chi connectivity index (χ4v) is 16.5. The predicted molar refractivity (Wildman–Crippen MR) is 398 cm³/mol. The van der Waals surface area contributed by atoms with Crippen LogP contribution in [0.5, 0.6) is 0 Å². The summed E-state index contributed by atoms with van der Waals surface area (Å²) in [6, 6.07) is 114. The molecule has 14 aromatic rings. The first-order chi connectivity index (χ1) is 44.9. The predicted octanol–water partition coefficient (Wildman–Crippen LogP) is 23.0. The Balaban J connectivity index is 1.03. The topological polar surface area (TPSA) is 9.72 Å². The lowest BCUT2D eigenvalue weighted by Gasteiger charge is -2.43. The van der Waals surface area contributed by atoms with Gasteiger partial charge in [0.1, 0.15) is 0 Å². The number of benzene rings is 13. The Kier molecular flexibility index (Phi) is 14.3. The number of rotatable bonds is 11. The third-order valence-corrected chi connectivity index (χ3v) is 20.9. The maximum absolute atomic E-state index is 2.69. The van der Waals surface area contributed by atoms with Crippen LogP contribution in [0, 0.1) is 0 Å². The standard InChI is InChI=1S/C86H68BN3S2/c1-85(2,3)63-44-40-59(41-45-63)71-37-23-38-72(60-42-46-64(47-43-60)86(4,5)6)83(71)90-76-54-69(88(65-30-15-9-16-31-65)67-34-21-28-61(52-67)57-24-11-7-12-25-57)48-49-74(76)87-75-50-51-79-81(73-36-19-20-39-78(73)91-79)84(75)92-80-56-70(55-77(90)82(80)87)89(66-32-17-10-18-33-66)68-35-22-29-62(53-68)58-26-13-8-14-27-58/h7-56H,1-6H3. The molecule has 0 fully saturated rings. The molecule has 0 unspecified atom stereocenters. The van der Waals surface area contributed by atoms with Gasteiger partial charge in [0, 0.05) is 86.6 Å². The number of anilines is 9. The molecular formula is C86H68BN3S2. The minimum atomic E-state index is -0.125. The first-order valence-electron chi connectivity index (χ1n) is 32.0. The summed E-state index contributed by atoms with van der Waals surface area (Å²) in [5.41, 5.74) is 25.5. The number of para-hydroxylation sites is 3. The van der Waals surface area contributed by atoms with Crippen molar-refractivity contribution in [3.8, 4) is 44.5 Å². The highest BCUT2D eigenvalue weighted by Crippen LogP contribution is 2.54. The monoisotopic (exact) mass is 1220 g/mol. The zero-order valence-electron chi connectivity index (χ0n) is 52.6. The van der Waals surface area contributed by atoms with Crippen molar-refractivity contribution < 1.29 is 0 Å². The Hall–Kier alpha value is -10.1. The van der Waals surface area contributed by atoms with Gasteiger partial charge in [-0.1, -0.05) is 277 Å².